The lowest BCUT2D eigenvalue weighted by Crippen LogP contribution is -2.10. The van der Waals surface area contributed by atoms with Crippen LogP contribution in [0.4, 0.5) is 0 Å². The smallest absolute Gasteiger partial charge is 0.135 e. The second-order valence-electron chi connectivity index (χ2n) is 2.90. The third kappa shape index (κ3) is 6.16. The molecule has 0 rings (SSSR count). The second kappa shape index (κ2) is 7.06. The molecule has 5 heteroatoms. The number of hydrogen-bond acceptors (Lipinski definition) is 5. The van der Waals surface area contributed by atoms with Gasteiger partial charge in [0.25, 0.3) is 0 Å². The summed E-state index contributed by atoms with van der Waals surface area (Å²) in [5.41, 5.74) is 1.41. The predicted octanol–water partition coefficient (Wildman–Crippen LogP) is 1.38. The number of ketones is 1. The highest BCUT2D eigenvalue weighted by Crippen LogP contribution is 1.98. The molecule has 0 heterocycles. The van der Waals surface area contributed by atoms with E-state index in [0.717, 1.165) is 5.71 Å². The first-order valence-corrected chi connectivity index (χ1v) is 4.25. The Bertz CT molecular complexity index is 246. The molecule has 0 saturated carbocycles. The summed E-state index contributed by atoms with van der Waals surface area (Å²) in [7, 11) is 2.92. The van der Waals surface area contributed by atoms with Crippen LogP contribution in [0.2, 0.25) is 0 Å². The van der Waals surface area contributed by atoms with Crippen molar-refractivity contribution >= 4 is 17.2 Å². The molecule has 0 amide bonds. The van der Waals surface area contributed by atoms with Gasteiger partial charge in [-0.05, 0) is 13.8 Å². The summed E-state index contributed by atoms with van der Waals surface area (Å²) < 4.78 is 0. The Morgan fingerprint density at radius 1 is 1.07 bits per heavy atom. The molecule has 0 radical (unpaired) electrons. The van der Waals surface area contributed by atoms with Crippen molar-refractivity contribution in [3.63, 3.8) is 0 Å². The summed E-state index contributed by atoms with van der Waals surface area (Å²) in [6, 6.07) is 0. The molecule has 0 aromatic carbocycles. The van der Waals surface area contributed by atoms with Gasteiger partial charge in [0.1, 0.15) is 20.0 Å². The average Bonchev–Trinajstić information content (AvgIpc) is 2.03. The molecule has 0 aliphatic carbocycles. The Hall–Kier alpha value is -1.39. The third-order valence-electron chi connectivity index (χ3n) is 1.38. The van der Waals surface area contributed by atoms with Crippen molar-refractivity contribution in [2.45, 2.75) is 26.7 Å². The largest absolute Gasteiger partial charge is 0.399 e. The van der Waals surface area contributed by atoms with E-state index in [1.54, 1.807) is 6.92 Å². The van der Waals surface area contributed by atoms with E-state index in [0.29, 0.717) is 12.1 Å². The summed E-state index contributed by atoms with van der Waals surface area (Å²) >= 11 is 0. The fourth-order valence-corrected chi connectivity index (χ4v) is 1.03. The minimum atomic E-state index is 0.0472. The highest BCUT2D eigenvalue weighted by molar-refractivity contribution is 6.09. The number of nitrogens with zero attached hydrogens (tertiary/aromatic N) is 2. The maximum atomic E-state index is 10.9. The van der Waals surface area contributed by atoms with E-state index in [2.05, 4.69) is 20.0 Å². The van der Waals surface area contributed by atoms with Crippen LogP contribution in [0.1, 0.15) is 26.7 Å². The molecule has 0 aromatic heterocycles. The van der Waals surface area contributed by atoms with E-state index in [4.69, 9.17) is 0 Å². The number of carbonyl (C=O) groups is 1. The van der Waals surface area contributed by atoms with Crippen LogP contribution in [0, 0.1) is 0 Å². The second-order valence-corrected chi connectivity index (χ2v) is 2.90. The molecule has 14 heavy (non-hydrogen) atoms. The molecule has 0 spiro atoms. The molecule has 80 valence electrons. The van der Waals surface area contributed by atoms with Crippen LogP contribution >= 0.6 is 0 Å². The van der Waals surface area contributed by atoms with Crippen molar-refractivity contribution < 1.29 is 14.5 Å². The van der Waals surface area contributed by atoms with E-state index >= 15 is 0 Å². The number of oxime groups is 2. The van der Waals surface area contributed by atoms with Crippen LogP contribution in [0.3, 0.4) is 0 Å². The highest BCUT2D eigenvalue weighted by atomic mass is 16.6. The first-order chi connectivity index (χ1) is 6.60. The Balaban J connectivity index is 4.30. The predicted molar refractivity (Wildman–Crippen MR) is 54.5 cm³/mol. The Labute approximate surface area is 83.7 Å². The minimum Gasteiger partial charge on any atom is -0.399 e. The van der Waals surface area contributed by atoms with Gasteiger partial charge < -0.3 is 9.68 Å². The fourth-order valence-electron chi connectivity index (χ4n) is 1.03. The maximum Gasteiger partial charge on any atom is 0.135 e. The number of rotatable bonds is 6. The summed E-state index contributed by atoms with van der Waals surface area (Å²) in [6.45, 7) is 3.31. The monoisotopic (exact) mass is 200 g/mol. The van der Waals surface area contributed by atoms with E-state index in [1.807, 2.05) is 0 Å². The molecule has 0 bridgehead atoms. The Kier molecular flexibility index (Phi) is 6.36. The molecule has 0 aliphatic heterocycles. The molecule has 0 aliphatic rings. The lowest BCUT2D eigenvalue weighted by atomic mass is 10.1. The molecule has 0 saturated heterocycles. The third-order valence-corrected chi connectivity index (χ3v) is 1.38. The number of hydrogen-bond donors (Lipinski definition) is 0. The topological polar surface area (TPSA) is 60.2 Å². The zero-order chi connectivity index (χ0) is 11.0. The van der Waals surface area contributed by atoms with Crippen molar-refractivity contribution in [3.8, 4) is 0 Å². The molecule has 0 N–H and O–H groups in total. The maximum absolute atomic E-state index is 10.9. The van der Waals surface area contributed by atoms with Crippen molar-refractivity contribution in [2.75, 3.05) is 14.2 Å². The van der Waals surface area contributed by atoms with Gasteiger partial charge in [0, 0.05) is 12.8 Å². The van der Waals surface area contributed by atoms with Crippen LogP contribution in [0.25, 0.3) is 0 Å². The number of Topliss-reactive ketones (excluding diaryl/α,β-unsaturated/α-hetero) is 1. The quantitative estimate of drug-likeness (QED) is 0.480. The van der Waals surface area contributed by atoms with Crippen molar-refractivity contribution in [1.82, 2.24) is 0 Å². The normalized spacial score (nSPS) is 12.6. The van der Waals surface area contributed by atoms with Crippen LogP contribution in [-0.4, -0.2) is 31.4 Å². The van der Waals surface area contributed by atoms with E-state index in [1.165, 1.54) is 21.1 Å². The van der Waals surface area contributed by atoms with Gasteiger partial charge in [0.15, 0.2) is 0 Å². The van der Waals surface area contributed by atoms with Crippen molar-refractivity contribution in [2.24, 2.45) is 10.3 Å². The highest BCUT2D eigenvalue weighted by Gasteiger charge is 2.06. The molecule has 0 aromatic rings. The van der Waals surface area contributed by atoms with Gasteiger partial charge in [-0.3, -0.25) is 4.79 Å². The van der Waals surface area contributed by atoms with Crippen LogP contribution in [0.5, 0.6) is 0 Å². The van der Waals surface area contributed by atoms with E-state index in [-0.39, 0.29) is 12.2 Å². The van der Waals surface area contributed by atoms with E-state index < -0.39 is 0 Å². The van der Waals surface area contributed by atoms with Gasteiger partial charge >= 0.3 is 0 Å². The summed E-state index contributed by atoms with van der Waals surface area (Å²) in [6.07, 6.45) is 0.770. The van der Waals surface area contributed by atoms with Crippen molar-refractivity contribution in [1.29, 1.82) is 0 Å². The fraction of sp³-hybridized carbons (Fsp3) is 0.667. The first kappa shape index (κ1) is 12.6. The summed E-state index contributed by atoms with van der Waals surface area (Å²) in [4.78, 5) is 20.1. The van der Waals surface area contributed by atoms with Crippen molar-refractivity contribution in [3.05, 3.63) is 0 Å². The van der Waals surface area contributed by atoms with Gasteiger partial charge in [-0.1, -0.05) is 10.3 Å². The average molecular weight is 200 g/mol. The SMILES string of the molecule is CO/N=C(\CC(C)=O)C/C(C)=N/OC. The van der Waals surface area contributed by atoms with Crippen LogP contribution in [-0.2, 0) is 14.5 Å². The minimum absolute atomic E-state index is 0.0472. The molecule has 5 nitrogen and oxygen atoms in total. The Morgan fingerprint density at radius 3 is 2.07 bits per heavy atom. The molecule has 0 fully saturated rings. The molecular weight excluding hydrogens is 184 g/mol. The number of carbonyl (C=O) groups excluding carboxylic acids is 1. The van der Waals surface area contributed by atoms with Gasteiger partial charge in [-0.25, -0.2) is 0 Å². The lowest BCUT2D eigenvalue weighted by molar-refractivity contribution is -0.115. The van der Waals surface area contributed by atoms with Crippen LogP contribution < -0.4 is 0 Å². The zero-order valence-electron chi connectivity index (χ0n) is 9.03. The molecule has 0 atom stereocenters. The summed E-state index contributed by atoms with van der Waals surface area (Å²) in [5.74, 6) is 0.0472. The summed E-state index contributed by atoms with van der Waals surface area (Å²) in [5, 5.41) is 7.47. The van der Waals surface area contributed by atoms with Gasteiger partial charge in [0.2, 0.25) is 0 Å². The van der Waals surface area contributed by atoms with Gasteiger partial charge in [-0.15, -0.1) is 0 Å². The van der Waals surface area contributed by atoms with E-state index in [9.17, 15) is 4.79 Å². The molecular formula is C9H16N2O3. The van der Waals surface area contributed by atoms with Gasteiger partial charge in [-0.2, -0.15) is 0 Å². The lowest BCUT2D eigenvalue weighted by Gasteiger charge is -2.02. The van der Waals surface area contributed by atoms with Crippen LogP contribution in [0.15, 0.2) is 10.3 Å². The zero-order valence-corrected chi connectivity index (χ0v) is 9.03. The van der Waals surface area contributed by atoms with Gasteiger partial charge in [0.05, 0.1) is 11.4 Å². The standard InChI is InChI=1S/C9H16N2O3/c1-7(10-13-3)5-9(11-14-4)6-8(2)12/h5-6H2,1-4H3/b10-7+,11-9-. The molecule has 0 unspecified atom stereocenters. The Morgan fingerprint density at radius 2 is 1.64 bits per heavy atom. The first-order valence-electron chi connectivity index (χ1n) is 4.25.